The van der Waals surface area contributed by atoms with Crippen LogP contribution < -0.4 is 11.3 Å². The predicted molar refractivity (Wildman–Crippen MR) is 131 cm³/mol. The van der Waals surface area contributed by atoms with Crippen LogP contribution in [-0.2, 0) is 19.3 Å². The van der Waals surface area contributed by atoms with Crippen LogP contribution in [0.15, 0.2) is 67.2 Å². The van der Waals surface area contributed by atoms with Crippen LogP contribution in [0.3, 0.4) is 0 Å². The van der Waals surface area contributed by atoms with E-state index in [0.29, 0.717) is 12.8 Å². The van der Waals surface area contributed by atoms with Crippen molar-refractivity contribution >= 4 is 17.0 Å². The zero-order valence-electron chi connectivity index (χ0n) is 18.8. The van der Waals surface area contributed by atoms with Crippen molar-refractivity contribution in [2.75, 3.05) is 5.43 Å². The molecule has 3 rings (SSSR count). The van der Waals surface area contributed by atoms with Crippen LogP contribution in [0.2, 0.25) is 0 Å². The minimum Gasteiger partial charge on any atom is -0.324 e. The Kier molecular flexibility index (Phi) is 7.43. The molecule has 160 valence electrons. The van der Waals surface area contributed by atoms with Gasteiger partial charge >= 0.3 is 0 Å². The topological polar surface area (TPSA) is 55.1 Å². The van der Waals surface area contributed by atoms with Crippen LogP contribution in [-0.4, -0.2) is 5.78 Å². The fourth-order valence-corrected chi connectivity index (χ4v) is 4.07. The van der Waals surface area contributed by atoms with E-state index in [1.165, 1.54) is 22.3 Å². The summed E-state index contributed by atoms with van der Waals surface area (Å²) in [7, 11) is 0. The molecule has 0 atom stereocenters. The Morgan fingerprint density at radius 2 is 1.71 bits per heavy atom. The Balaban J connectivity index is 1.83. The summed E-state index contributed by atoms with van der Waals surface area (Å²) in [6, 6.07) is 20.6. The lowest BCUT2D eigenvalue weighted by Crippen LogP contribution is -2.12. The Hall–Kier alpha value is -3.17. The first-order chi connectivity index (χ1) is 14.9. The number of carbonyl (C=O) groups excluding carboxylic acids is 1. The minimum absolute atomic E-state index is 0.150. The Morgan fingerprint density at radius 3 is 2.39 bits per heavy atom. The molecule has 0 aliphatic heterocycles. The van der Waals surface area contributed by atoms with Crippen LogP contribution >= 0.6 is 0 Å². The van der Waals surface area contributed by atoms with Gasteiger partial charge in [-0.15, -0.1) is 0 Å². The number of anilines is 1. The van der Waals surface area contributed by atoms with E-state index in [0.717, 1.165) is 40.8 Å². The number of nitrogens with one attached hydrogen (secondary N) is 1. The number of benzene rings is 3. The smallest absolute Gasteiger partial charge is 0.163 e. The average molecular weight is 413 g/mol. The van der Waals surface area contributed by atoms with E-state index in [1.807, 2.05) is 37.3 Å². The van der Waals surface area contributed by atoms with Crippen LogP contribution in [0, 0.1) is 13.8 Å². The number of hydrazine groups is 1. The molecule has 0 amide bonds. The standard InChI is InChI=1S/C28H32N2O/c1-5-23-15-19(2)11-12-24(23)13-14-28(31)26-18-25(27(30-29)17-21(26)4)20(3)16-22-9-7-6-8-10-22/h6-12,15,17-18,30H,3,5,13-14,16,29H2,1-2,4H3. The molecule has 0 unspecified atom stereocenters. The molecule has 0 bridgehead atoms. The molecule has 0 saturated heterocycles. The second-order valence-corrected chi connectivity index (χ2v) is 8.17. The van der Waals surface area contributed by atoms with Gasteiger partial charge in [0.05, 0.1) is 5.69 Å². The van der Waals surface area contributed by atoms with Crippen molar-refractivity contribution in [3.63, 3.8) is 0 Å². The summed E-state index contributed by atoms with van der Waals surface area (Å²) < 4.78 is 0. The van der Waals surface area contributed by atoms with Crippen molar-refractivity contribution in [3.05, 3.63) is 106 Å². The number of ketones is 1. The third kappa shape index (κ3) is 5.50. The first-order valence-electron chi connectivity index (χ1n) is 10.9. The monoisotopic (exact) mass is 412 g/mol. The van der Waals surface area contributed by atoms with Gasteiger partial charge in [-0.25, -0.2) is 0 Å². The normalized spacial score (nSPS) is 10.7. The maximum absolute atomic E-state index is 13.2. The second-order valence-electron chi connectivity index (χ2n) is 8.17. The molecule has 3 N–H and O–H groups in total. The minimum atomic E-state index is 0.150. The number of hydrogen-bond acceptors (Lipinski definition) is 3. The van der Waals surface area contributed by atoms with E-state index in [2.05, 4.69) is 56.2 Å². The highest BCUT2D eigenvalue weighted by atomic mass is 16.1. The Morgan fingerprint density at radius 1 is 0.968 bits per heavy atom. The molecule has 3 aromatic carbocycles. The molecule has 3 nitrogen and oxygen atoms in total. The van der Waals surface area contributed by atoms with Crippen LogP contribution in [0.25, 0.3) is 5.57 Å². The van der Waals surface area contributed by atoms with E-state index >= 15 is 0 Å². The molecular formula is C28H32N2O. The van der Waals surface area contributed by atoms with Crippen molar-refractivity contribution in [2.45, 2.75) is 46.5 Å². The zero-order valence-corrected chi connectivity index (χ0v) is 18.8. The van der Waals surface area contributed by atoms with Gasteiger partial charge in [0.15, 0.2) is 5.78 Å². The van der Waals surface area contributed by atoms with Gasteiger partial charge in [-0.05, 0) is 73.1 Å². The number of aryl methyl sites for hydroxylation is 4. The number of hydrogen-bond donors (Lipinski definition) is 2. The number of allylic oxidation sites excluding steroid dienone is 1. The zero-order chi connectivity index (χ0) is 22.4. The molecule has 0 aromatic heterocycles. The molecule has 0 fully saturated rings. The van der Waals surface area contributed by atoms with Gasteiger partial charge < -0.3 is 5.43 Å². The maximum atomic E-state index is 13.2. The SMILES string of the molecule is C=C(Cc1ccccc1)c1cc(C(=O)CCc2ccc(C)cc2CC)c(C)cc1NN. The van der Waals surface area contributed by atoms with E-state index in [4.69, 9.17) is 5.84 Å². The summed E-state index contributed by atoms with van der Waals surface area (Å²) >= 11 is 0. The summed E-state index contributed by atoms with van der Waals surface area (Å²) in [5, 5.41) is 0. The van der Waals surface area contributed by atoms with Crippen molar-refractivity contribution in [1.82, 2.24) is 0 Å². The lowest BCUT2D eigenvalue weighted by atomic mass is 9.91. The largest absolute Gasteiger partial charge is 0.324 e. The lowest BCUT2D eigenvalue weighted by Gasteiger charge is -2.16. The number of nitrogens with two attached hydrogens (primary N) is 1. The lowest BCUT2D eigenvalue weighted by molar-refractivity contribution is 0.0982. The summed E-state index contributed by atoms with van der Waals surface area (Å²) in [5.41, 5.74) is 12.1. The van der Waals surface area contributed by atoms with E-state index in [9.17, 15) is 4.79 Å². The fourth-order valence-electron chi connectivity index (χ4n) is 4.07. The van der Waals surface area contributed by atoms with Crippen molar-refractivity contribution in [3.8, 4) is 0 Å². The second kappa shape index (κ2) is 10.2. The first kappa shape index (κ1) is 22.5. The summed E-state index contributed by atoms with van der Waals surface area (Å²) in [5.74, 6) is 5.93. The Bertz CT molecular complexity index is 1080. The van der Waals surface area contributed by atoms with Gasteiger partial charge in [0, 0.05) is 17.5 Å². The Labute approximate surface area is 186 Å². The fraction of sp³-hybridized carbons (Fsp3) is 0.250. The highest BCUT2D eigenvalue weighted by molar-refractivity contribution is 5.99. The van der Waals surface area contributed by atoms with Crippen LogP contribution in [0.1, 0.15) is 57.1 Å². The van der Waals surface area contributed by atoms with E-state index in [1.54, 1.807) is 0 Å². The van der Waals surface area contributed by atoms with Crippen molar-refractivity contribution in [1.29, 1.82) is 0 Å². The van der Waals surface area contributed by atoms with E-state index in [-0.39, 0.29) is 5.78 Å². The number of Topliss-reactive ketones (excluding diaryl/α,β-unsaturated/α-hetero) is 1. The van der Waals surface area contributed by atoms with Crippen LogP contribution in [0.4, 0.5) is 5.69 Å². The number of rotatable bonds is 9. The maximum Gasteiger partial charge on any atom is 0.163 e. The number of carbonyl (C=O) groups is 1. The highest BCUT2D eigenvalue weighted by Gasteiger charge is 2.16. The van der Waals surface area contributed by atoms with Crippen molar-refractivity contribution < 1.29 is 4.79 Å². The molecule has 0 aliphatic carbocycles. The predicted octanol–water partition coefficient (Wildman–Crippen LogP) is 6.22. The first-order valence-corrected chi connectivity index (χ1v) is 10.9. The van der Waals surface area contributed by atoms with Gasteiger partial charge in [0.1, 0.15) is 0 Å². The molecule has 0 aliphatic rings. The van der Waals surface area contributed by atoms with Gasteiger partial charge in [-0.3, -0.25) is 10.6 Å². The van der Waals surface area contributed by atoms with Gasteiger partial charge in [0.2, 0.25) is 0 Å². The summed E-state index contributed by atoms with van der Waals surface area (Å²) in [6.07, 6.45) is 2.91. The number of nitrogen functional groups attached to an aromatic ring is 1. The molecule has 0 heterocycles. The van der Waals surface area contributed by atoms with Gasteiger partial charge in [-0.2, -0.15) is 0 Å². The van der Waals surface area contributed by atoms with Crippen molar-refractivity contribution in [2.24, 2.45) is 5.84 Å². The molecule has 3 heteroatoms. The van der Waals surface area contributed by atoms with Crippen LogP contribution in [0.5, 0.6) is 0 Å². The summed E-state index contributed by atoms with van der Waals surface area (Å²) in [4.78, 5) is 13.2. The highest BCUT2D eigenvalue weighted by Crippen LogP contribution is 2.29. The van der Waals surface area contributed by atoms with Gasteiger partial charge in [-0.1, -0.05) is 67.6 Å². The average Bonchev–Trinajstić information content (AvgIpc) is 2.78. The molecular weight excluding hydrogens is 380 g/mol. The third-order valence-electron chi connectivity index (χ3n) is 5.83. The molecule has 0 saturated carbocycles. The third-order valence-corrected chi connectivity index (χ3v) is 5.83. The molecule has 0 spiro atoms. The molecule has 3 aromatic rings. The quantitative estimate of drug-likeness (QED) is 0.249. The molecule has 31 heavy (non-hydrogen) atoms. The van der Waals surface area contributed by atoms with Gasteiger partial charge in [0.25, 0.3) is 0 Å². The van der Waals surface area contributed by atoms with E-state index < -0.39 is 0 Å². The summed E-state index contributed by atoms with van der Waals surface area (Å²) in [6.45, 7) is 10.5. The molecule has 0 radical (unpaired) electrons.